The summed E-state index contributed by atoms with van der Waals surface area (Å²) in [5, 5.41) is 7.28. The average Bonchev–Trinajstić information content (AvgIpc) is 3.19. The number of fused-ring (bicyclic) bond motifs is 3. The van der Waals surface area contributed by atoms with E-state index in [4.69, 9.17) is 4.42 Å². The molecule has 0 radical (unpaired) electrons. The maximum atomic E-state index is 12.8. The molecule has 0 aliphatic carbocycles. The Hall–Kier alpha value is -2.18. The van der Waals surface area contributed by atoms with Gasteiger partial charge in [0.2, 0.25) is 11.8 Å². The first-order valence-corrected chi connectivity index (χ1v) is 11.0. The van der Waals surface area contributed by atoms with Crippen molar-refractivity contribution in [2.24, 2.45) is 11.8 Å². The summed E-state index contributed by atoms with van der Waals surface area (Å²) in [6.07, 6.45) is 4.76. The number of amides is 1. The summed E-state index contributed by atoms with van der Waals surface area (Å²) in [5.41, 5.74) is 1.90. The minimum absolute atomic E-state index is 0.246. The van der Waals surface area contributed by atoms with Crippen molar-refractivity contribution in [1.82, 2.24) is 20.5 Å². The van der Waals surface area contributed by atoms with Gasteiger partial charge in [-0.3, -0.25) is 4.79 Å². The van der Waals surface area contributed by atoms with Gasteiger partial charge in [0.15, 0.2) is 0 Å². The SMILES string of the molecule is O=C(CCC[C@@H]1NC[C@@H]2CNC[C@H]1C2)N1CCc2oc(-c3ccccc3)nc2C1. The Balaban J connectivity index is 1.14. The number of aromatic nitrogens is 1. The summed E-state index contributed by atoms with van der Waals surface area (Å²) in [7, 11) is 0. The monoisotopic (exact) mass is 394 g/mol. The molecule has 3 aliphatic heterocycles. The number of hydrogen-bond acceptors (Lipinski definition) is 5. The lowest BCUT2D eigenvalue weighted by Gasteiger charge is -2.41. The molecule has 5 rings (SSSR count). The number of oxazole rings is 1. The number of piperidine rings is 2. The largest absolute Gasteiger partial charge is 0.441 e. The Morgan fingerprint density at radius 1 is 1.21 bits per heavy atom. The van der Waals surface area contributed by atoms with E-state index in [-0.39, 0.29) is 5.91 Å². The minimum Gasteiger partial charge on any atom is -0.441 e. The molecular formula is C23H30N4O2. The van der Waals surface area contributed by atoms with Crippen LogP contribution >= 0.6 is 0 Å². The van der Waals surface area contributed by atoms with Gasteiger partial charge in [-0.2, -0.15) is 0 Å². The van der Waals surface area contributed by atoms with Crippen LogP contribution in [0.5, 0.6) is 0 Å². The minimum atomic E-state index is 0.246. The van der Waals surface area contributed by atoms with E-state index in [2.05, 4.69) is 15.6 Å². The van der Waals surface area contributed by atoms with Gasteiger partial charge in [0, 0.05) is 31.0 Å². The number of benzene rings is 1. The van der Waals surface area contributed by atoms with Crippen LogP contribution in [-0.4, -0.2) is 48.0 Å². The molecule has 154 valence electrons. The molecule has 2 aromatic rings. The zero-order chi connectivity index (χ0) is 19.6. The fraction of sp³-hybridized carbons (Fsp3) is 0.565. The molecule has 1 aromatic heterocycles. The van der Waals surface area contributed by atoms with E-state index >= 15 is 0 Å². The molecule has 0 spiro atoms. The first kappa shape index (κ1) is 18.8. The molecule has 29 heavy (non-hydrogen) atoms. The molecule has 1 amide bonds. The second kappa shape index (κ2) is 8.28. The van der Waals surface area contributed by atoms with Gasteiger partial charge in [0.25, 0.3) is 0 Å². The molecule has 2 bridgehead atoms. The molecule has 3 aliphatic rings. The zero-order valence-electron chi connectivity index (χ0n) is 16.9. The van der Waals surface area contributed by atoms with E-state index in [0.717, 1.165) is 74.3 Å². The molecule has 2 saturated heterocycles. The summed E-state index contributed by atoms with van der Waals surface area (Å²) in [6.45, 7) is 4.69. The molecule has 0 saturated carbocycles. The van der Waals surface area contributed by atoms with Gasteiger partial charge < -0.3 is 20.0 Å². The van der Waals surface area contributed by atoms with Crippen molar-refractivity contribution in [1.29, 1.82) is 0 Å². The van der Waals surface area contributed by atoms with Crippen molar-refractivity contribution in [3.8, 4) is 11.5 Å². The van der Waals surface area contributed by atoms with Crippen molar-refractivity contribution >= 4 is 5.91 Å². The summed E-state index contributed by atoms with van der Waals surface area (Å²) >= 11 is 0. The van der Waals surface area contributed by atoms with Crippen LogP contribution in [0.25, 0.3) is 11.5 Å². The van der Waals surface area contributed by atoms with E-state index in [9.17, 15) is 4.79 Å². The van der Waals surface area contributed by atoms with Gasteiger partial charge in [-0.1, -0.05) is 18.2 Å². The van der Waals surface area contributed by atoms with Crippen LogP contribution in [0.15, 0.2) is 34.7 Å². The zero-order valence-corrected chi connectivity index (χ0v) is 16.9. The second-order valence-electron chi connectivity index (χ2n) is 8.75. The summed E-state index contributed by atoms with van der Waals surface area (Å²) in [4.78, 5) is 19.4. The Labute approximate surface area is 172 Å². The Morgan fingerprint density at radius 3 is 3.00 bits per heavy atom. The first-order chi connectivity index (χ1) is 14.3. The molecule has 1 aromatic carbocycles. The van der Waals surface area contributed by atoms with Gasteiger partial charge >= 0.3 is 0 Å². The number of carbonyl (C=O) groups is 1. The normalized spacial score (nSPS) is 26.2. The van der Waals surface area contributed by atoms with Gasteiger partial charge in [-0.05, 0) is 62.9 Å². The van der Waals surface area contributed by atoms with Crippen LogP contribution in [0.1, 0.15) is 37.1 Å². The van der Waals surface area contributed by atoms with Gasteiger partial charge in [0.1, 0.15) is 11.5 Å². The van der Waals surface area contributed by atoms with Gasteiger partial charge in [-0.25, -0.2) is 4.98 Å². The Bertz CT molecular complexity index is 850. The quantitative estimate of drug-likeness (QED) is 0.816. The maximum absolute atomic E-state index is 12.8. The molecule has 4 heterocycles. The van der Waals surface area contributed by atoms with Crippen LogP contribution in [0, 0.1) is 11.8 Å². The van der Waals surface area contributed by atoms with Crippen LogP contribution in [-0.2, 0) is 17.8 Å². The van der Waals surface area contributed by atoms with E-state index in [1.54, 1.807) is 0 Å². The summed E-state index contributed by atoms with van der Waals surface area (Å²) in [5.74, 6) is 3.35. The topological polar surface area (TPSA) is 70.4 Å². The predicted molar refractivity (Wildman–Crippen MR) is 111 cm³/mol. The van der Waals surface area contributed by atoms with Crippen molar-refractivity contribution in [2.45, 2.75) is 44.7 Å². The number of nitrogens with one attached hydrogen (secondary N) is 2. The lowest BCUT2D eigenvalue weighted by atomic mass is 9.80. The number of hydrogen-bond donors (Lipinski definition) is 2. The highest BCUT2D eigenvalue weighted by molar-refractivity contribution is 5.76. The Morgan fingerprint density at radius 2 is 2.10 bits per heavy atom. The van der Waals surface area contributed by atoms with Crippen molar-refractivity contribution in [3.05, 3.63) is 41.8 Å². The van der Waals surface area contributed by atoms with Crippen molar-refractivity contribution in [2.75, 3.05) is 26.2 Å². The number of carbonyl (C=O) groups excluding carboxylic acids is 1. The van der Waals surface area contributed by atoms with E-state index in [0.29, 0.717) is 24.9 Å². The van der Waals surface area contributed by atoms with E-state index in [1.165, 1.54) is 6.42 Å². The molecule has 2 fully saturated rings. The number of nitrogens with zero attached hydrogens (tertiary/aromatic N) is 2. The highest BCUT2D eigenvalue weighted by Crippen LogP contribution is 2.28. The first-order valence-electron chi connectivity index (χ1n) is 11.0. The predicted octanol–water partition coefficient (Wildman–Crippen LogP) is 2.59. The van der Waals surface area contributed by atoms with Crippen LogP contribution in [0.3, 0.4) is 0 Å². The lowest BCUT2D eigenvalue weighted by Crippen LogP contribution is -2.54. The number of rotatable bonds is 5. The highest BCUT2D eigenvalue weighted by atomic mass is 16.4. The third kappa shape index (κ3) is 4.09. The molecular weight excluding hydrogens is 364 g/mol. The molecule has 3 atom stereocenters. The Kier molecular flexibility index (Phi) is 5.38. The van der Waals surface area contributed by atoms with Crippen molar-refractivity contribution < 1.29 is 9.21 Å². The molecule has 0 unspecified atom stereocenters. The molecule has 2 N–H and O–H groups in total. The lowest BCUT2D eigenvalue weighted by molar-refractivity contribution is -0.132. The van der Waals surface area contributed by atoms with E-state index < -0.39 is 0 Å². The fourth-order valence-electron chi connectivity index (χ4n) is 5.10. The third-order valence-electron chi connectivity index (χ3n) is 6.72. The maximum Gasteiger partial charge on any atom is 0.226 e. The smallest absolute Gasteiger partial charge is 0.226 e. The van der Waals surface area contributed by atoms with Crippen molar-refractivity contribution in [3.63, 3.8) is 0 Å². The second-order valence-corrected chi connectivity index (χ2v) is 8.75. The third-order valence-corrected chi connectivity index (χ3v) is 6.72. The fourth-order valence-corrected chi connectivity index (χ4v) is 5.10. The van der Waals surface area contributed by atoms with Crippen LogP contribution in [0.2, 0.25) is 0 Å². The standard InChI is InChI=1S/C23H30N4O2/c28-22(8-4-7-19-18-11-16(13-25-19)12-24-14-18)27-10-9-21-20(15-27)26-23(29-21)17-5-2-1-3-6-17/h1-3,5-6,16,18-19,24-25H,4,7-15H2/t16-,18+,19-/m0/s1. The van der Waals surface area contributed by atoms with Crippen LogP contribution < -0.4 is 10.6 Å². The molecule has 6 heteroatoms. The van der Waals surface area contributed by atoms with E-state index in [1.807, 2.05) is 35.2 Å². The molecule has 6 nitrogen and oxygen atoms in total. The summed E-state index contributed by atoms with van der Waals surface area (Å²) < 4.78 is 5.96. The average molecular weight is 395 g/mol. The summed E-state index contributed by atoms with van der Waals surface area (Å²) in [6, 6.07) is 10.5. The highest BCUT2D eigenvalue weighted by Gasteiger charge is 2.33. The van der Waals surface area contributed by atoms with Gasteiger partial charge in [0.05, 0.1) is 6.54 Å². The van der Waals surface area contributed by atoms with Gasteiger partial charge in [-0.15, -0.1) is 0 Å². The van der Waals surface area contributed by atoms with Crippen LogP contribution in [0.4, 0.5) is 0 Å².